The second-order valence-electron chi connectivity index (χ2n) is 3.83. The van der Waals surface area contributed by atoms with Crippen LogP contribution in [-0.2, 0) is 6.42 Å². The van der Waals surface area contributed by atoms with E-state index in [-0.39, 0.29) is 5.78 Å². The van der Waals surface area contributed by atoms with Gasteiger partial charge in [0.25, 0.3) is 0 Å². The first-order valence-corrected chi connectivity index (χ1v) is 7.64. The molecule has 2 aromatic rings. The van der Waals surface area contributed by atoms with E-state index in [2.05, 4.69) is 41.8 Å². The van der Waals surface area contributed by atoms with Crippen molar-refractivity contribution < 1.29 is 4.79 Å². The summed E-state index contributed by atoms with van der Waals surface area (Å²) in [5.41, 5.74) is 1.44. The number of nitrogens with zero attached hydrogens (tertiary/aromatic N) is 2. The van der Waals surface area contributed by atoms with Crippen LogP contribution in [0.4, 0.5) is 0 Å². The quantitative estimate of drug-likeness (QED) is 0.742. The summed E-state index contributed by atoms with van der Waals surface area (Å²) in [6, 6.07) is 1.82. The van der Waals surface area contributed by atoms with E-state index in [4.69, 9.17) is 0 Å². The van der Waals surface area contributed by atoms with Gasteiger partial charge in [0.15, 0.2) is 5.78 Å². The molecule has 2 heterocycles. The van der Waals surface area contributed by atoms with E-state index < -0.39 is 0 Å². The minimum atomic E-state index is -0.0249. The number of Topliss-reactive ketones (excluding diaryl/α,β-unsaturated/α-hetero) is 1. The number of aromatic nitrogens is 2. The van der Waals surface area contributed by atoms with Crippen LogP contribution in [0.15, 0.2) is 21.2 Å². The van der Waals surface area contributed by atoms with Crippen LogP contribution < -0.4 is 0 Å². The Labute approximate surface area is 126 Å². The molecular formula is C12H10Br2N2OS. The molecule has 0 atom stereocenters. The minimum Gasteiger partial charge on any atom is -0.292 e. The number of carbonyl (C=O) groups is 1. The van der Waals surface area contributed by atoms with Crippen LogP contribution in [0.3, 0.4) is 0 Å². The predicted octanol–water partition coefficient (Wildman–Crippen LogP) is 4.11. The average molecular weight is 390 g/mol. The zero-order chi connectivity index (χ0) is 13.3. The molecular weight excluding hydrogens is 380 g/mol. The van der Waals surface area contributed by atoms with Gasteiger partial charge in [-0.05, 0) is 51.8 Å². The summed E-state index contributed by atoms with van der Waals surface area (Å²) in [6.45, 7) is 3.96. The molecule has 2 aromatic heterocycles. The van der Waals surface area contributed by atoms with E-state index >= 15 is 0 Å². The van der Waals surface area contributed by atoms with Crippen molar-refractivity contribution in [2.24, 2.45) is 0 Å². The number of pyridine rings is 1. The fourth-order valence-electron chi connectivity index (χ4n) is 1.46. The topological polar surface area (TPSA) is 42.9 Å². The summed E-state index contributed by atoms with van der Waals surface area (Å²) >= 11 is 8.22. The number of hydrogen-bond acceptors (Lipinski definition) is 4. The molecule has 0 fully saturated rings. The number of hydrogen-bond donors (Lipinski definition) is 0. The maximum absolute atomic E-state index is 12.1. The molecule has 94 valence electrons. The first kappa shape index (κ1) is 13.8. The van der Waals surface area contributed by atoms with E-state index in [1.807, 2.05) is 19.9 Å². The third-order valence-corrected chi connectivity index (χ3v) is 4.57. The molecule has 2 rings (SSSR count). The van der Waals surface area contributed by atoms with Crippen molar-refractivity contribution in [3.8, 4) is 0 Å². The van der Waals surface area contributed by atoms with Gasteiger partial charge >= 0.3 is 0 Å². The van der Waals surface area contributed by atoms with Gasteiger partial charge in [0, 0.05) is 20.0 Å². The van der Waals surface area contributed by atoms with Crippen LogP contribution in [0.2, 0.25) is 0 Å². The molecule has 0 saturated heterocycles. The second kappa shape index (κ2) is 5.59. The summed E-state index contributed by atoms with van der Waals surface area (Å²) in [5.74, 6) is -0.0249. The van der Waals surface area contributed by atoms with Crippen LogP contribution in [0.1, 0.15) is 26.1 Å². The minimum absolute atomic E-state index is 0.0249. The van der Waals surface area contributed by atoms with E-state index in [1.165, 1.54) is 0 Å². The van der Waals surface area contributed by atoms with Gasteiger partial charge in [-0.15, -0.1) is 11.3 Å². The Kier molecular flexibility index (Phi) is 4.29. The van der Waals surface area contributed by atoms with Crippen molar-refractivity contribution in [3.05, 3.63) is 42.5 Å². The summed E-state index contributed by atoms with van der Waals surface area (Å²) in [6.07, 6.45) is 1.92. The monoisotopic (exact) mass is 388 g/mol. The van der Waals surface area contributed by atoms with Crippen molar-refractivity contribution in [1.82, 2.24) is 9.97 Å². The molecule has 0 aliphatic carbocycles. The largest absolute Gasteiger partial charge is 0.292 e. The fourth-order valence-corrected chi connectivity index (χ4v) is 3.60. The van der Waals surface area contributed by atoms with Crippen LogP contribution >= 0.6 is 43.2 Å². The second-order valence-corrected chi connectivity index (χ2v) is 6.89. The van der Waals surface area contributed by atoms with Gasteiger partial charge in [0.1, 0.15) is 10.7 Å². The molecule has 0 N–H and O–H groups in total. The highest BCUT2D eigenvalue weighted by atomic mass is 79.9. The van der Waals surface area contributed by atoms with Gasteiger partial charge in [-0.1, -0.05) is 0 Å². The van der Waals surface area contributed by atoms with Crippen LogP contribution in [0.25, 0.3) is 0 Å². The Balaban J connectivity index is 2.22. The number of aryl methyl sites for hydroxylation is 2. The van der Waals surface area contributed by atoms with Crippen LogP contribution in [0.5, 0.6) is 0 Å². The third-order valence-electron chi connectivity index (χ3n) is 2.46. The maximum Gasteiger partial charge on any atom is 0.189 e. The Hall–Kier alpha value is -0.590. The molecule has 18 heavy (non-hydrogen) atoms. The van der Waals surface area contributed by atoms with Crippen LogP contribution in [-0.4, -0.2) is 15.8 Å². The molecule has 0 bridgehead atoms. The molecule has 0 aromatic carbocycles. The SMILES string of the molecule is Cc1nc(CC(=O)c2ncc(Br)cc2Br)sc1C. The van der Waals surface area contributed by atoms with Gasteiger partial charge in [0.2, 0.25) is 0 Å². The first-order chi connectivity index (χ1) is 8.47. The Bertz CT molecular complexity index is 591. The average Bonchev–Trinajstić information content (AvgIpc) is 2.57. The number of ketones is 1. The van der Waals surface area contributed by atoms with Gasteiger partial charge in [-0.2, -0.15) is 0 Å². The summed E-state index contributed by atoms with van der Waals surface area (Å²) in [7, 11) is 0. The summed E-state index contributed by atoms with van der Waals surface area (Å²) in [4.78, 5) is 21.8. The van der Waals surface area contributed by atoms with Crippen LogP contribution in [0, 0.1) is 13.8 Å². The lowest BCUT2D eigenvalue weighted by atomic mass is 10.2. The van der Waals surface area contributed by atoms with Gasteiger partial charge in [-0.3, -0.25) is 9.78 Å². The number of rotatable bonds is 3. The molecule has 0 radical (unpaired) electrons. The lowest BCUT2D eigenvalue weighted by Gasteiger charge is -2.01. The normalized spacial score (nSPS) is 10.7. The third kappa shape index (κ3) is 3.05. The number of thiazole rings is 1. The standard InChI is InChI=1S/C12H10Br2N2OS/c1-6-7(2)18-11(16-6)4-10(17)12-9(14)3-8(13)5-15-12/h3,5H,4H2,1-2H3. The van der Waals surface area contributed by atoms with Crippen molar-refractivity contribution in [2.45, 2.75) is 20.3 Å². The molecule has 3 nitrogen and oxygen atoms in total. The molecule has 0 amide bonds. The Morgan fingerprint density at radius 3 is 2.67 bits per heavy atom. The highest BCUT2D eigenvalue weighted by Gasteiger charge is 2.15. The fraction of sp³-hybridized carbons (Fsp3) is 0.250. The molecule has 0 saturated carbocycles. The highest BCUT2D eigenvalue weighted by Crippen LogP contribution is 2.22. The summed E-state index contributed by atoms with van der Waals surface area (Å²) in [5, 5.41) is 0.839. The zero-order valence-corrected chi connectivity index (χ0v) is 13.8. The zero-order valence-electron chi connectivity index (χ0n) is 9.83. The molecule has 0 aliphatic rings. The molecule has 6 heteroatoms. The smallest absolute Gasteiger partial charge is 0.189 e. The van der Waals surface area contributed by atoms with E-state index in [0.717, 1.165) is 20.1 Å². The molecule has 0 unspecified atom stereocenters. The lowest BCUT2D eigenvalue weighted by molar-refractivity contribution is 0.0987. The highest BCUT2D eigenvalue weighted by molar-refractivity contribution is 9.11. The van der Waals surface area contributed by atoms with Crippen molar-refractivity contribution in [3.63, 3.8) is 0 Å². The van der Waals surface area contributed by atoms with Gasteiger partial charge < -0.3 is 0 Å². The van der Waals surface area contributed by atoms with Crippen molar-refractivity contribution in [2.75, 3.05) is 0 Å². The van der Waals surface area contributed by atoms with Gasteiger partial charge in [0.05, 0.1) is 12.1 Å². The van der Waals surface area contributed by atoms with E-state index in [9.17, 15) is 4.79 Å². The van der Waals surface area contributed by atoms with Crippen molar-refractivity contribution in [1.29, 1.82) is 0 Å². The maximum atomic E-state index is 12.1. The Morgan fingerprint density at radius 2 is 2.11 bits per heavy atom. The summed E-state index contributed by atoms with van der Waals surface area (Å²) < 4.78 is 1.54. The lowest BCUT2D eigenvalue weighted by Crippen LogP contribution is -2.06. The Morgan fingerprint density at radius 1 is 1.39 bits per heavy atom. The molecule has 0 aliphatic heterocycles. The van der Waals surface area contributed by atoms with Crippen molar-refractivity contribution >= 4 is 49.0 Å². The first-order valence-electron chi connectivity index (χ1n) is 5.24. The molecule has 0 spiro atoms. The number of carbonyl (C=O) groups excluding carboxylic acids is 1. The van der Waals surface area contributed by atoms with E-state index in [0.29, 0.717) is 16.6 Å². The predicted molar refractivity (Wildman–Crippen MR) is 79.3 cm³/mol. The van der Waals surface area contributed by atoms with E-state index in [1.54, 1.807) is 17.5 Å². The number of halogens is 2. The van der Waals surface area contributed by atoms with Gasteiger partial charge in [-0.25, -0.2) is 4.98 Å².